The third kappa shape index (κ3) is 3.84. The van der Waals surface area contributed by atoms with Crippen LogP contribution in [-0.2, 0) is 16.1 Å². The lowest BCUT2D eigenvalue weighted by molar-refractivity contribution is -0.921. The molecule has 2 aromatic rings. The van der Waals surface area contributed by atoms with Crippen LogP contribution in [0.25, 0.3) is 5.65 Å². The van der Waals surface area contributed by atoms with Gasteiger partial charge in [-0.1, -0.05) is 0 Å². The number of esters is 1. The van der Waals surface area contributed by atoms with E-state index in [0.29, 0.717) is 18.8 Å². The molecule has 1 fully saturated rings. The number of pyridine rings is 1. The van der Waals surface area contributed by atoms with Crippen molar-refractivity contribution < 1.29 is 14.4 Å². The molecule has 1 N–H and O–H groups in total. The number of halogens is 1. The number of ether oxygens (including phenoxy) is 1. The van der Waals surface area contributed by atoms with Crippen LogP contribution in [0.5, 0.6) is 0 Å². The summed E-state index contributed by atoms with van der Waals surface area (Å²) in [6.45, 7) is 4.62. The Balaban J connectivity index is 1.76. The van der Waals surface area contributed by atoms with Crippen LogP contribution < -0.4 is 10.5 Å². The van der Waals surface area contributed by atoms with E-state index in [1.165, 1.54) is 9.30 Å². The van der Waals surface area contributed by atoms with Gasteiger partial charge in [-0.05, 0) is 47.8 Å². The number of rotatable bonds is 4. The zero-order valence-corrected chi connectivity index (χ0v) is 15.2. The third-order valence-corrected chi connectivity index (χ3v) is 4.81. The zero-order chi connectivity index (χ0) is 17.1. The lowest BCUT2D eigenvalue weighted by Gasteiger charge is -2.28. The molecule has 0 radical (unpaired) electrons. The Hall–Kier alpha value is -1.73. The Morgan fingerprint density at radius 3 is 3.12 bits per heavy atom. The van der Waals surface area contributed by atoms with E-state index in [2.05, 4.69) is 20.9 Å². The molecule has 0 amide bonds. The van der Waals surface area contributed by atoms with Crippen LogP contribution in [0.3, 0.4) is 0 Å². The van der Waals surface area contributed by atoms with Crippen LogP contribution in [-0.4, -0.2) is 35.1 Å². The molecular formula is C17H21BrN3O3+. The number of carbonyl (C=O) groups is 1. The molecule has 1 aliphatic heterocycles. The second kappa shape index (κ2) is 7.44. The molecule has 1 unspecified atom stereocenters. The summed E-state index contributed by atoms with van der Waals surface area (Å²) < 4.78 is 7.51. The minimum Gasteiger partial charge on any atom is -0.466 e. The summed E-state index contributed by atoms with van der Waals surface area (Å²) in [5.74, 6) is -0.155. The summed E-state index contributed by atoms with van der Waals surface area (Å²) in [5, 5.41) is 0. The van der Waals surface area contributed by atoms with E-state index in [0.717, 1.165) is 36.1 Å². The molecule has 0 saturated carbocycles. The van der Waals surface area contributed by atoms with Gasteiger partial charge in [0.25, 0.3) is 5.56 Å². The third-order valence-electron chi connectivity index (χ3n) is 4.35. The molecule has 24 heavy (non-hydrogen) atoms. The van der Waals surface area contributed by atoms with Crippen molar-refractivity contribution in [2.24, 2.45) is 5.92 Å². The molecule has 3 heterocycles. The number of likely N-dealkylation sites (tertiary alicyclic amines) is 1. The molecule has 0 spiro atoms. The van der Waals surface area contributed by atoms with E-state index in [1.54, 1.807) is 12.3 Å². The maximum absolute atomic E-state index is 12.3. The molecule has 128 valence electrons. The average Bonchev–Trinajstić information content (AvgIpc) is 2.56. The summed E-state index contributed by atoms with van der Waals surface area (Å²) >= 11 is 3.36. The van der Waals surface area contributed by atoms with Gasteiger partial charge in [0, 0.05) is 16.7 Å². The fraction of sp³-hybridized carbons (Fsp3) is 0.471. The minimum absolute atomic E-state index is 0.0498. The van der Waals surface area contributed by atoms with Gasteiger partial charge in [-0.15, -0.1) is 0 Å². The minimum atomic E-state index is -0.105. The number of piperidine rings is 1. The van der Waals surface area contributed by atoms with Gasteiger partial charge in [0.2, 0.25) is 0 Å². The van der Waals surface area contributed by atoms with E-state index in [4.69, 9.17) is 4.74 Å². The standard InChI is InChI=1S/C17H20BrN3O3/c1-2-24-17(23)12-4-3-7-20(9-12)11-14-8-16(22)21-10-13(18)5-6-15(21)19-14/h5-6,8,10,12H,2-4,7,9,11H2,1H3/p+1/t12-/m1/s1. The van der Waals surface area contributed by atoms with Crippen LogP contribution >= 0.6 is 15.9 Å². The highest BCUT2D eigenvalue weighted by Gasteiger charge is 2.30. The number of hydrogen-bond donors (Lipinski definition) is 1. The summed E-state index contributed by atoms with van der Waals surface area (Å²) in [6.07, 6.45) is 3.58. The Labute approximate surface area is 148 Å². The predicted octanol–water partition coefficient (Wildman–Crippen LogP) is 0.815. The number of hydrogen-bond acceptors (Lipinski definition) is 4. The Morgan fingerprint density at radius 1 is 1.50 bits per heavy atom. The number of fused-ring (bicyclic) bond motifs is 1. The molecule has 0 aliphatic carbocycles. The summed E-state index contributed by atoms with van der Waals surface area (Å²) in [7, 11) is 0. The first-order valence-corrected chi connectivity index (χ1v) is 9.04. The number of carbonyl (C=O) groups excluding carboxylic acids is 1. The highest BCUT2D eigenvalue weighted by Crippen LogP contribution is 2.11. The molecule has 0 bridgehead atoms. The van der Waals surface area contributed by atoms with Crippen molar-refractivity contribution in [1.29, 1.82) is 0 Å². The monoisotopic (exact) mass is 394 g/mol. The van der Waals surface area contributed by atoms with Gasteiger partial charge < -0.3 is 9.64 Å². The van der Waals surface area contributed by atoms with E-state index < -0.39 is 0 Å². The second-order valence-corrected chi connectivity index (χ2v) is 7.05. The Morgan fingerprint density at radius 2 is 2.33 bits per heavy atom. The number of nitrogens with one attached hydrogen (secondary N) is 1. The van der Waals surface area contributed by atoms with E-state index in [1.807, 2.05) is 19.1 Å². The smallest absolute Gasteiger partial charge is 0.314 e. The van der Waals surface area contributed by atoms with Crippen molar-refractivity contribution in [3.05, 3.63) is 44.9 Å². The van der Waals surface area contributed by atoms with Crippen molar-refractivity contribution in [1.82, 2.24) is 9.38 Å². The highest BCUT2D eigenvalue weighted by molar-refractivity contribution is 9.10. The first kappa shape index (κ1) is 17.1. The normalized spacial score (nSPS) is 20.9. The van der Waals surface area contributed by atoms with Crippen molar-refractivity contribution in [3.8, 4) is 0 Å². The molecule has 2 aromatic heterocycles. The molecular weight excluding hydrogens is 374 g/mol. The molecule has 7 heteroatoms. The van der Waals surface area contributed by atoms with Crippen LogP contribution in [0.2, 0.25) is 0 Å². The van der Waals surface area contributed by atoms with Crippen LogP contribution in [0.1, 0.15) is 25.5 Å². The van der Waals surface area contributed by atoms with Gasteiger partial charge in [0.05, 0.1) is 19.7 Å². The van der Waals surface area contributed by atoms with Crippen LogP contribution in [0.4, 0.5) is 0 Å². The Bertz CT molecular complexity index is 805. The van der Waals surface area contributed by atoms with Crippen molar-refractivity contribution in [2.75, 3.05) is 19.7 Å². The van der Waals surface area contributed by atoms with E-state index in [-0.39, 0.29) is 17.4 Å². The Kier molecular flexibility index (Phi) is 5.30. The zero-order valence-electron chi connectivity index (χ0n) is 13.6. The van der Waals surface area contributed by atoms with Crippen molar-refractivity contribution in [2.45, 2.75) is 26.3 Å². The van der Waals surface area contributed by atoms with Gasteiger partial charge in [-0.25, -0.2) is 4.98 Å². The molecule has 1 aliphatic rings. The van der Waals surface area contributed by atoms with Crippen molar-refractivity contribution in [3.63, 3.8) is 0 Å². The fourth-order valence-corrected chi connectivity index (χ4v) is 3.58. The van der Waals surface area contributed by atoms with Gasteiger partial charge in [0.15, 0.2) is 0 Å². The molecule has 2 atom stereocenters. The van der Waals surface area contributed by atoms with Crippen LogP contribution in [0.15, 0.2) is 33.7 Å². The quantitative estimate of drug-likeness (QED) is 0.779. The maximum atomic E-state index is 12.3. The fourth-order valence-electron chi connectivity index (χ4n) is 3.25. The number of aromatic nitrogens is 2. The van der Waals surface area contributed by atoms with Crippen molar-refractivity contribution >= 4 is 27.5 Å². The van der Waals surface area contributed by atoms with Gasteiger partial charge >= 0.3 is 5.97 Å². The topological polar surface area (TPSA) is 65.1 Å². The summed E-state index contributed by atoms with van der Waals surface area (Å²) in [5.41, 5.74) is 1.32. The first-order chi connectivity index (χ1) is 11.6. The van der Waals surface area contributed by atoms with Crippen LogP contribution in [0, 0.1) is 5.92 Å². The molecule has 1 saturated heterocycles. The first-order valence-electron chi connectivity index (χ1n) is 8.25. The molecule has 6 nitrogen and oxygen atoms in total. The van der Waals surface area contributed by atoms with Gasteiger partial charge in [0.1, 0.15) is 23.8 Å². The molecule has 0 aromatic carbocycles. The van der Waals surface area contributed by atoms with Gasteiger partial charge in [-0.2, -0.15) is 0 Å². The molecule has 3 rings (SSSR count). The summed E-state index contributed by atoms with van der Waals surface area (Å²) in [4.78, 5) is 30.1. The average molecular weight is 395 g/mol. The summed E-state index contributed by atoms with van der Waals surface area (Å²) in [6, 6.07) is 5.28. The number of quaternary nitrogens is 1. The number of nitrogens with zero attached hydrogens (tertiary/aromatic N) is 2. The lowest BCUT2D eigenvalue weighted by Crippen LogP contribution is -3.12. The largest absolute Gasteiger partial charge is 0.466 e. The highest BCUT2D eigenvalue weighted by atomic mass is 79.9. The van der Waals surface area contributed by atoms with E-state index >= 15 is 0 Å². The van der Waals surface area contributed by atoms with E-state index in [9.17, 15) is 9.59 Å². The maximum Gasteiger partial charge on any atom is 0.314 e. The predicted molar refractivity (Wildman–Crippen MR) is 92.9 cm³/mol. The lowest BCUT2D eigenvalue weighted by atomic mass is 9.98. The SMILES string of the molecule is CCOC(=O)[C@@H]1CCC[NH+](Cc2cc(=O)n3cc(Br)ccc3n2)C1. The second-order valence-electron chi connectivity index (χ2n) is 6.13. The van der Waals surface area contributed by atoms with Gasteiger partial charge in [-0.3, -0.25) is 14.0 Å².